The lowest BCUT2D eigenvalue weighted by atomic mass is 10.3. The Kier molecular flexibility index (Phi) is 1.80. The lowest BCUT2D eigenvalue weighted by molar-refractivity contribution is 0.225. The minimum atomic E-state index is 0.722. The molecule has 0 unspecified atom stereocenters. The highest BCUT2D eigenvalue weighted by molar-refractivity contribution is 5.65. The first kappa shape index (κ1) is 5.51. The maximum atomic E-state index is 4.88. The van der Waals surface area contributed by atoms with Gasteiger partial charge in [-0.3, -0.25) is 4.99 Å². The summed E-state index contributed by atoms with van der Waals surface area (Å²) in [5.74, 6) is 0. The van der Waals surface area contributed by atoms with Crippen LogP contribution in [-0.2, 0) is 4.74 Å². The SMILES string of the molecule is COCC1=CN=CC1. The molecule has 8 heavy (non-hydrogen) atoms. The minimum absolute atomic E-state index is 0.722. The lowest BCUT2D eigenvalue weighted by Gasteiger charge is -1.94. The summed E-state index contributed by atoms with van der Waals surface area (Å²) in [5, 5.41) is 0. The van der Waals surface area contributed by atoms with E-state index in [2.05, 4.69) is 4.99 Å². The second-order valence-corrected chi connectivity index (χ2v) is 1.76. The first-order valence-corrected chi connectivity index (χ1v) is 2.62. The van der Waals surface area contributed by atoms with Crippen molar-refractivity contribution in [3.8, 4) is 0 Å². The van der Waals surface area contributed by atoms with E-state index in [0.29, 0.717) is 0 Å². The van der Waals surface area contributed by atoms with Crippen LogP contribution in [0.15, 0.2) is 16.8 Å². The third kappa shape index (κ3) is 1.17. The molecule has 1 heterocycles. The van der Waals surface area contributed by atoms with Crippen LogP contribution in [-0.4, -0.2) is 19.9 Å². The van der Waals surface area contributed by atoms with Gasteiger partial charge in [0.15, 0.2) is 0 Å². The zero-order chi connectivity index (χ0) is 5.82. The Hall–Kier alpha value is -0.630. The molecule has 0 aromatic carbocycles. The van der Waals surface area contributed by atoms with E-state index in [1.807, 2.05) is 12.4 Å². The first-order valence-electron chi connectivity index (χ1n) is 2.62. The average Bonchev–Trinajstić information content (AvgIpc) is 2.19. The molecule has 0 radical (unpaired) electrons. The third-order valence-corrected chi connectivity index (χ3v) is 1.05. The van der Waals surface area contributed by atoms with E-state index in [4.69, 9.17) is 4.74 Å². The summed E-state index contributed by atoms with van der Waals surface area (Å²) in [6.07, 6.45) is 4.70. The number of hydrogen-bond donors (Lipinski definition) is 0. The van der Waals surface area contributed by atoms with Crippen molar-refractivity contribution in [1.82, 2.24) is 0 Å². The highest BCUT2D eigenvalue weighted by atomic mass is 16.5. The molecule has 1 aliphatic rings. The molecule has 0 amide bonds. The van der Waals surface area contributed by atoms with Crippen LogP contribution in [0.5, 0.6) is 0 Å². The van der Waals surface area contributed by atoms with Crippen LogP contribution < -0.4 is 0 Å². The van der Waals surface area contributed by atoms with Gasteiger partial charge >= 0.3 is 0 Å². The number of aliphatic imine (C=N–C) groups is 1. The van der Waals surface area contributed by atoms with Crippen molar-refractivity contribution in [3.63, 3.8) is 0 Å². The summed E-state index contributed by atoms with van der Waals surface area (Å²) in [4.78, 5) is 3.92. The van der Waals surface area contributed by atoms with Crippen LogP contribution in [0, 0.1) is 0 Å². The van der Waals surface area contributed by atoms with Gasteiger partial charge in [-0.1, -0.05) is 0 Å². The molecule has 0 aromatic rings. The van der Waals surface area contributed by atoms with E-state index >= 15 is 0 Å². The molecule has 0 atom stereocenters. The van der Waals surface area contributed by atoms with Crippen molar-refractivity contribution >= 4 is 6.21 Å². The molecule has 0 N–H and O–H groups in total. The molecule has 1 aliphatic heterocycles. The molecular weight excluding hydrogens is 102 g/mol. The minimum Gasteiger partial charge on any atom is -0.380 e. The van der Waals surface area contributed by atoms with Gasteiger partial charge < -0.3 is 4.74 Å². The van der Waals surface area contributed by atoms with Crippen molar-refractivity contribution < 1.29 is 4.74 Å². The molecule has 0 aliphatic carbocycles. The van der Waals surface area contributed by atoms with Crippen molar-refractivity contribution in [2.24, 2.45) is 4.99 Å². The van der Waals surface area contributed by atoms with Gasteiger partial charge in [-0.15, -0.1) is 0 Å². The fraction of sp³-hybridized carbons (Fsp3) is 0.500. The standard InChI is InChI=1S/C6H9NO/c1-8-5-6-2-3-7-4-6/h3-4H,2,5H2,1H3. The number of methoxy groups -OCH3 is 1. The summed E-state index contributed by atoms with van der Waals surface area (Å²) in [7, 11) is 1.69. The number of ether oxygens (including phenoxy) is 1. The van der Waals surface area contributed by atoms with Gasteiger partial charge in [-0.2, -0.15) is 0 Å². The molecule has 44 valence electrons. The Morgan fingerprint density at radius 2 is 2.75 bits per heavy atom. The van der Waals surface area contributed by atoms with Gasteiger partial charge in [0, 0.05) is 25.9 Å². The van der Waals surface area contributed by atoms with Crippen LogP contribution in [0.3, 0.4) is 0 Å². The van der Waals surface area contributed by atoms with E-state index in [1.165, 1.54) is 5.57 Å². The maximum Gasteiger partial charge on any atom is 0.0694 e. The zero-order valence-corrected chi connectivity index (χ0v) is 4.92. The molecule has 0 fully saturated rings. The van der Waals surface area contributed by atoms with Gasteiger partial charge in [0.25, 0.3) is 0 Å². The highest BCUT2D eigenvalue weighted by Gasteiger charge is 1.96. The fourth-order valence-electron chi connectivity index (χ4n) is 0.662. The second kappa shape index (κ2) is 2.62. The quantitative estimate of drug-likeness (QED) is 0.520. The molecule has 2 heteroatoms. The molecule has 0 saturated carbocycles. The van der Waals surface area contributed by atoms with Gasteiger partial charge in [0.05, 0.1) is 6.61 Å². The number of hydrogen-bond acceptors (Lipinski definition) is 2. The van der Waals surface area contributed by atoms with E-state index in [0.717, 1.165) is 13.0 Å². The van der Waals surface area contributed by atoms with Crippen LogP contribution in [0.2, 0.25) is 0 Å². The molecular formula is C6H9NO. The number of nitrogens with zero attached hydrogens (tertiary/aromatic N) is 1. The van der Waals surface area contributed by atoms with Crippen molar-refractivity contribution in [3.05, 3.63) is 11.8 Å². The predicted octanol–water partition coefficient (Wildman–Crippen LogP) is 0.991. The zero-order valence-electron chi connectivity index (χ0n) is 4.92. The second-order valence-electron chi connectivity index (χ2n) is 1.76. The summed E-state index contributed by atoms with van der Waals surface area (Å²) in [6, 6.07) is 0. The Labute approximate surface area is 48.9 Å². The van der Waals surface area contributed by atoms with E-state index < -0.39 is 0 Å². The maximum absolute atomic E-state index is 4.88. The summed E-state index contributed by atoms with van der Waals surface area (Å²) >= 11 is 0. The van der Waals surface area contributed by atoms with E-state index in [9.17, 15) is 0 Å². The molecule has 2 nitrogen and oxygen atoms in total. The van der Waals surface area contributed by atoms with Crippen LogP contribution >= 0.6 is 0 Å². The highest BCUT2D eigenvalue weighted by Crippen LogP contribution is 2.04. The van der Waals surface area contributed by atoms with Gasteiger partial charge in [-0.25, -0.2) is 0 Å². The average molecular weight is 111 g/mol. The van der Waals surface area contributed by atoms with Crippen molar-refractivity contribution in [2.45, 2.75) is 6.42 Å². The van der Waals surface area contributed by atoms with Crippen molar-refractivity contribution in [1.29, 1.82) is 0 Å². The summed E-state index contributed by atoms with van der Waals surface area (Å²) < 4.78 is 4.88. The Morgan fingerprint density at radius 1 is 1.88 bits per heavy atom. The number of rotatable bonds is 2. The van der Waals surface area contributed by atoms with Crippen molar-refractivity contribution in [2.75, 3.05) is 13.7 Å². The Morgan fingerprint density at radius 3 is 3.25 bits per heavy atom. The summed E-state index contributed by atoms with van der Waals surface area (Å²) in [6.45, 7) is 0.722. The van der Waals surface area contributed by atoms with Crippen LogP contribution in [0.25, 0.3) is 0 Å². The molecule has 0 bridgehead atoms. The van der Waals surface area contributed by atoms with E-state index in [-0.39, 0.29) is 0 Å². The molecule has 0 saturated heterocycles. The molecule has 1 rings (SSSR count). The fourth-order valence-corrected chi connectivity index (χ4v) is 0.662. The van der Waals surface area contributed by atoms with Gasteiger partial charge in [-0.05, 0) is 5.57 Å². The van der Waals surface area contributed by atoms with E-state index in [1.54, 1.807) is 7.11 Å². The monoisotopic (exact) mass is 111 g/mol. The normalized spacial score (nSPS) is 16.9. The molecule has 0 spiro atoms. The Bertz CT molecular complexity index is 126. The Balaban J connectivity index is 2.28. The largest absolute Gasteiger partial charge is 0.380 e. The molecule has 0 aromatic heterocycles. The lowest BCUT2D eigenvalue weighted by Crippen LogP contribution is -1.90. The topological polar surface area (TPSA) is 21.6 Å². The third-order valence-electron chi connectivity index (χ3n) is 1.05. The van der Waals surface area contributed by atoms with Gasteiger partial charge in [0.1, 0.15) is 0 Å². The van der Waals surface area contributed by atoms with Crippen LogP contribution in [0.4, 0.5) is 0 Å². The first-order chi connectivity index (χ1) is 3.93. The predicted molar refractivity (Wildman–Crippen MR) is 33.1 cm³/mol. The van der Waals surface area contributed by atoms with Gasteiger partial charge in [0.2, 0.25) is 0 Å². The smallest absolute Gasteiger partial charge is 0.0694 e. The van der Waals surface area contributed by atoms with Crippen LogP contribution in [0.1, 0.15) is 6.42 Å². The summed E-state index contributed by atoms with van der Waals surface area (Å²) in [5.41, 5.74) is 1.26.